The van der Waals surface area contributed by atoms with Crippen molar-refractivity contribution in [2.24, 2.45) is 0 Å². The van der Waals surface area contributed by atoms with Crippen molar-refractivity contribution in [1.82, 2.24) is 4.90 Å². The van der Waals surface area contributed by atoms with Crippen molar-refractivity contribution in [1.29, 1.82) is 0 Å². The molecule has 1 fully saturated rings. The molecule has 2 aromatic carbocycles. The Morgan fingerprint density at radius 3 is 1.76 bits per heavy atom. The van der Waals surface area contributed by atoms with Gasteiger partial charge in [-0.1, -0.05) is 77.1 Å². The van der Waals surface area contributed by atoms with E-state index in [9.17, 15) is 0 Å². The minimum atomic E-state index is 1.07. The summed E-state index contributed by atoms with van der Waals surface area (Å²) in [6, 6.07) is 19.8. The third kappa shape index (κ3) is 6.91. The minimum Gasteiger partial charge on any atom is -0.369 e. The van der Waals surface area contributed by atoms with E-state index in [-0.39, 0.29) is 0 Å². The molecule has 0 aliphatic carbocycles. The van der Waals surface area contributed by atoms with Gasteiger partial charge in [-0.05, 0) is 29.7 Å². The molecule has 0 unspecified atom stereocenters. The fraction of sp³-hybridized carbons (Fsp3) is 0.478. The Bertz CT molecular complexity index is 540. The molecule has 0 radical (unpaired) electrons. The Morgan fingerprint density at radius 1 is 0.680 bits per heavy atom. The van der Waals surface area contributed by atoms with Crippen LogP contribution in [-0.2, 0) is 13.0 Å². The molecule has 1 saturated heterocycles. The van der Waals surface area contributed by atoms with Gasteiger partial charge in [0.05, 0.1) is 0 Å². The Balaban J connectivity index is 0.000000730. The van der Waals surface area contributed by atoms with Gasteiger partial charge in [0.25, 0.3) is 0 Å². The molecule has 2 nitrogen and oxygen atoms in total. The number of hydrogen-bond donors (Lipinski definition) is 0. The Morgan fingerprint density at radius 2 is 1.24 bits per heavy atom. The van der Waals surface area contributed by atoms with Crippen molar-refractivity contribution >= 4 is 5.69 Å². The van der Waals surface area contributed by atoms with Crippen LogP contribution in [0.1, 0.15) is 45.7 Å². The second kappa shape index (κ2) is 12.5. The molecule has 3 rings (SSSR count). The highest BCUT2D eigenvalue weighted by molar-refractivity contribution is 5.48. The van der Waals surface area contributed by atoms with E-state index >= 15 is 0 Å². The summed E-state index contributed by atoms with van der Waals surface area (Å²) in [5, 5.41) is 0. The Labute approximate surface area is 155 Å². The first kappa shape index (κ1) is 21.2. The van der Waals surface area contributed by atoms with Gasteiger partial charge in [-0.25, -0.2) is 0 Å². The second-order valence-electron chi connectivity index (χ2n) is 5.77. The van der Waals surface area contributed by atoms with Gasteiger partial charge in [0.2, 0.25) is 0 Å². The van der Waals surface area contributed by atoms with Crippen LogP contribution in [0.5, 0.6) is 0 Å². The van der Waals surface area contributed by atoms with Crippen LogP contribution in [0.2, 0.25) is 0 Å². The lowest BCUT2D eigenvalue weighted by molar-refractivity contribution is 0.250. The molecule has 2 heteroatoms. The maximum atomic E-state index is 2.55. The van der Waals surface area contributed by atoms with E-state index < -0.39 is 0 Å². The van der Waals surface area contributed by atoms with E-state index in [4.69, 9.17) is 0 Å². The third-order valence-electron chi connectivity index (χ3n) is 4.33. The lowest BCUT2D eigenvalue weighted by atomic mass is 10.1. The van der Waals surface area contributed by atoms with Gasteiger partial charge in [0.15, 0.2) is 0 Å². The van der Waals surface area contributed by atoms with Crippen molar-refractivity contribution in [3.8, 4) is 0 Å². The van der Waals surface area contributed by atoms with Crippen molar-refractivity contribution in [2.45, 2.75) is 47.6 Å². The Kier molecular flexibility index (Phi) is 10.7. The zero-order valence-electron chi connectivity index (χ0n) is 16.8. The summed E-state index contributed by atoms with van der Waals surface area (Å²) >= 11 is 0. The molecule has 0 atom stereocenters. The predicted octanol–water partition coefficient (Wildman–Crippen LogP) is 5.62. The highest BCUT2D eigenvalue weighted by atomic mass is 15.3. The summed E-state index contributed by atoms with van der Waals surface area (Å²) in [5.41, 5.74) is 4.20. The molecule has 0 bridgehead atoms. The normalized spacial score (nSPS) is 14.0. The molecule has 0 amide bonds. The lowest BCUT2D eigenvalue weighted by Crippen LogP contribution is -2.45. The average molecular weight is 341 g/mol. The molecular weight excluding hydrogens is 304 g/mol. The van der Waals surface area contributed by atoms with E-state index in [1.807, 2.05) is 27.7 Å². The lowest BCUT2D eigenvalue weighted by Gasteiger charge is -2.36. The van der Waals surface area contributed by atoms with Gasteiger partial charge < -0.3 is 4.90 Å². The average Bonchev–Trinajstić information content (AvgIpc) is 2.72. The number of nitrogens with zero attached hydrogens (tertiary/aromatic N) is 2. The van der Waals surface area contributed by atoms with Gasteiger partial charge in [0.1, 0.15) is 0 Å². The van der Waals surface area contributed by atoms with Gasteiger partial charge in [-0.3, -0.25) is 4.90 Å². The summed E-state index contributed by atoms with van der Waals surface area (Å²) in [5.74, 6) is 0. The summed E-state index contributed by atoms with van der Waals surface area (Å²) in [6.07, 6.45) is 1.12. The number of aryl methyl sites for hydroxylation is 1. The van der Waals surface area contributed by atoms with Crippen LogP contribution in [0.3, 0.4) is 0 Å². The quantitative estimate of drug-likeness (QED) is 0.712. The van der Waals surface area contributed by atoms with E-state index in [0.717, 1.165) is 39.1 Å². The van der Waals surface area contributed by atoms with Crippen LogP contribution < -0.4 is 4.90 Å². The van der Waals surface area contributed by atoms with E-state index in [1.165, 1.54) is 16.8 Å². The molecule has 0 saturated carbocycles. The summed E-state index contributed by atoms with van der Waals surface area (Å²) in [4.78, 5) is 5.05. The van der Waals surface area contributed by atoms with Crippen LogP contribution in [0, 0.1) is 0 Å². The Hall–Kier alpha value is -1.80. The number of piperazine rings is 1. The zero-order valence-corrected chi connectivity index (χ0v) is 16.8. The topological polar surface area (TPSA) is 6.48 Å². The molecular formula is C23H36N2. The maximum absolute atomic E-state index is 2.55. The first-order valence-corrected chi connectivity index (χ1v) is 9.95. The number of anilines is 1. The van der Waals surface area contributed by atoms with Crippen LogP contribution in [0.4, 0.5) is 5.69 Å². The number of hydrogen-bond acceptors (Lipinski definition) is 2. The molecule has 1 aliphatic heterocycles. The molecule has 138 valence electrons. The molecule has 1 heterocycles. The molecule has 25 heavy (non-hydrogen) atoms. The number of benzene rings is 2. The van der Waals surface area contributed by atoms with Crippen LogP contribution in [-0.4, -0.2) is 31.1 Å². The minimum absolute atomic E-state index is 1.07. The largest absolute Gasteiger partial charge is 0.369 e. The van der Waals surface area contributed by atoms with Crippen molar-refractivity contribution in [3.63, 3.8) is 0 Å². The molecule has 0 N–H and O–H groups in total. The van der Waals surface area contributed by atoms with E-state index in [0.29, 0.717) is 0 Å². The van der Waals surface area contributed by atoms with E-state index in [2.05, 4.69) is 71.3 Å². The third-order valence-corrected chi connectivity index (χ3v) is 4.33. The predicted molar refractivity (Wildman–Crippen MR) is 112 cm³/mol. The first-order valence-electron chi connectivity index (χ1n) is 9.95. The van der Waals surface area contributed by atoms with Crippen LogP contribution in [0.25, 0.3) is 0 Å². The molecule has 0 aromatic heterocycles. The van der Waals surface area contributed by atoms with E-state index in [1.54, 1.807) is 0 Å². The molecule has 2 aromatic rings. The van der Waals surface area contributed by atoms with Crippen LogP contribution in [0.15, 0.2) is 54.6 Å². The summed E-state index contributed by atoms with van der Waals surface area (Å²) in [6.45, 7) is 15.8. The SMILES string of the molecule is CC.CC.CCc1ccc(N2CCN(Cc3ccccc3)CC2)cc1. The van der Waals surface area contributed by atoms with Crippen LogP contribution >= 0.6 is 0 Å². The second-order valence-corrected chi connectivity index (χ2v) is 5.77. The van der Waals surface area contributed by atoms with Gasteiger partial charge >= 0.3 is 0 Å². The van der Waals surface area contributed by atoms with Gasteiger partial charge in [-0.15, -0.1) is 0 Å². The monoisotopic (exact) mass is 340 g/mol. The molecule has 0 spiro atoms. The summed E-state index contributed by atoms with van der Waals surface area (Å²) in [7, 11) is 0. The van der Waals surface area contributed by atoms with Crippen molar-refractivity contribution < 1.29 is 0 Å². The maximum Gasteiger partial charge on any atom is 0.0367 e. The van der Waals surface area contributed by atoms with Crippen molar-refractivity contribution in [3.05, 3.63) is 65.7 Å². The first-order chi connectivity index (χ1) is 12.3. The highest BCUT2D eigenvalue weighted by Crippen LogP contribution is 2.18. The highest BCUT2D eigenvalue weighted by Gasteiger charge is 2.17. The summed E-state index contributed by atoms with van der Waals surface area (Å²) < 4.78 is 0. The zero-order chi connectivity index (χ0) is 18.5. The smallest absolute Gasteiger partial charge is 0.0367 e. The van der Waals surface area contributed by atoms with Crippen molar-refractivity contribution in [2.75, 3.05) is 31.1 Å². The molecule has 1 aliphatic rings. The van der Waals surface area contributed by atoms with Gasteiger partial charge in [-0.2, -0.15) is 0 Å². The fourth-order valence-corrected chi connectivity index (χ4v) is 2.95. The van der Waals surface area contributed by atoms with Gasteiger partial charge in [0, 0.05) is 38.4 Å². The number of rotatable bonds is 4. The standard InChI is InChI=1S/C19H24N2.2C2H6/c1-2-17-8-10-19(11-9-17)21-14-12-20(13-15-21)16-18-6-4-3-5-7-18;2*1-2/h3-11H,2,12-16H2,1H3;2*1-2H3. The fourth-order valence-electron chi connectivity index (χ4n) is 2.95.